The zero-order valence-corrected chi connectivity index (χ0v) is 14.3. The topological polar surface area (TPSA) is 45.2 Å². The van der Waals surface area contributed by atoms with Crippen molar-refractivity contribution in [3.8, 4) is 0 Å². The molecule has 1 aromatic heterocycles. The molecule has 3 rings (SSSR count). The average molecular weight is 315 g/mol. The Labute approximate surface area is 139 Å². The highest BCUT2D eigenvalue weighted by atomic mass is 16.2. The Bertz CT molecular complexity index is 507. The molecular weight excluding hydrogens is 286 g/mol. The Kier molecular flexibility index (Phi) is 5.31. The summed E-state index contributed by atoms with van der Waals surface area (Å²) in [5.41, 5.74) is 1.58. The van der Waals surface area contributed by atoms with E-state index < -0.39 is 0 Å². The maximum Gasteiger partial charge on any atom is 0.237 e. The standard InChI is InChI=1S/C19H29N3O/c1-2-19(9-6-10-19)15-21-18(23)17-8-3-4-12-22(17)14-16-7-5-11-20-13-16/h5,7,11,13,17H,2-4,6,8-10,12,14-15H2,1H3,(H,21,23). The lowest BCUT2D eigenvalue weighted by molar-refractivity contribution is -0.128. The predicted octanol–water partition coefficient (Wildman–Crippen LogP) is 3.13. The van der Waals surface area contributed by atoms with Crippen molar-refractivity contribution < 1.29 is 4.79 Å². The van der Waals surface area contributed by atoms with Crippen molar-refractivity contribution >= 4 is 5.91 Å². The number of rotatable bonds is 6. The van der Waals surface area contributed by atoms with Gasteiger partial charge in [0, 0.05) is 25.5 Å². The SMILES string of the molecule is CCC1(CNC(=O)C2CCCCN2Cc2cccnc2)CCC1. The number of hydrogen-bond acceptors (Lipinski definition) is 3. The molecule has 2 fully saturated rings. The lowest BCUT2D eigenvalue weighted by Crippen LogP contribution is -2.51. The van der Waals surface area contributed by atoms with E-state index in [2.05, 4.69) is 28.2 Å². The van der Waals surface area contributed by atoms with Crippen LogP contribution in [0.3, 0.4) is 0 Å². The maximum atomic E-state index is 12.7. The van der Waals surface area contributed by atoms with Gasteiger partial charge in [-0.25, -0.2) is 0 Å². The van der Waals surface area contributed by atoms with Crippen LogP contribution in [0, 0.1) is 5.41 Å². The van der Waals surface area contributed by atoms with Crippen LogP contribution < -0.4 is 5.32 Å². The quantitative estimate of drug-likeness (QED) is 0.877. The van der Waals surface area contributed by atoms with Crippen LogP contribution in [0.25, 0.3) is 0 Å². The molecule has 2 heterocycles. The number of carbonyl (C=O) groups is 1. The molecule has 0 radical (unpaired) electrons. The molecule has 1 amide bonds. The summed E-state index contributed by atoms with van der Waals surface area (Å²) >= 11 is 0. The fourth-order valence-corrected chi connectivity index (χ4v) is 3.93. The highest BCUT2D eigenvalue weighted by Gasteiger charge is 2.36. The Morgan fingerprint density at radius 3 is 2.91 bits per heavy atom. The summed E-state index contributed by atoms with van der Waals surface area (Å²) in [4.78, 5) is 19.3. The van der Waals surface area contributed by atoms with Crippen LogP contribution in [-0.4, -0.2) is 34.9 Å². The Morgan fingerprint density at radius 2 is 2.26 bits per heavy atom. The first-order valence-electron chi connectivity index (χ1n) is 9.13. The van der Waals surface area contributed by atoms with Crippen LogP contribution in [-0.2, 0) is 11.3 Å². The number of aromatic nitrogens is 1. The second kappa shape index (κ2) is 7.43. The van der Waals surface area contributed by atoms with E-state index in [1.54, 1.807) is 6.20 Å². The third-order valence-electron chi connectivity index (χ3n) is 5.83. The molecule has 1 saturated carbocycles. The maximum absolute atomic E-state index is 12.7. The Balaban J connectivity index is 1.58. The summed E-state index contributed by atoms with van der Waals surface area (Å²) in [6, 6.07) is 4.09. The molecule has 4 heteroatoms. The van der Waals surface area contributed by atoms with Gasteiger partial charge in [0.1, 0.15) is 0 Å². The molecule has 1 N–H and O–H groups in total. The minimum Gasteiger partial charge on any atom is -0.354 e. The second-order valence-electron chi connectivity index (χ2n) is 7.27. The zero-order chi connectivity index (χ0) is 16.1. The fourth-order valence-electron chi connectivity index (χ4n) is 3.93. The molecule has 4 nitrogen and oxygen atoms in total. The number of piperidine rings is 1. The van der Waals surface area contributed by atoms with E-state index in [1.807, 2.05) is 12.3 Å². The number of hydrogen-bond donors (Lipinski definition) is 1. The van der Waals surface area contributed by atoms with Crippen LogP contribution in [0.5, 0.6) is 0 Å². The highest BCUT2D eigenvalue weighted by Crippen LogP contribution is 2.43. The lowest BCUT2D eigenvalue weighted by Gasteiger charge is -2.42. The summed E-state index contributed by atoms with van der Waals surface area (Å²) in [5.74, 6) is 0.230. The smallest absolute Gasteiger partial charge is 0.237 e. The van der Waals surface area contributed by atoms with Crippen LogP contribution in [0.15, 0.2) is 24.5 Å². The summed E-state index contributed by atoms with van der Waals surface area (Å²) < 4.78 is 0. The molecule has 1 aromatic rings. The van der Waals surface area contributed by atoms with Gasteiger partial charge in [-0.3, -0.25) is 14.7 Å². The van der Waals surface area contributed by atoms with Crippen molar-refractivity contribution in [1.29, 1.82) is 0 Å². The van der Waals surface area contributed by atoms with E-state index in [9.17, 15) is 4.79 Å². The highest BCUT2D eigenvalue weighted by molar-refractivity contribution is 5.81. The van der Waals surface area contributed by atoms with Crippen molar-refractivity contribution in [2.24, 2.45) is 5.41 Å². The Hall–Kier alpha value is -1.42. The minimum absolute atomic E-state index is 0.0259. The zero-order valence-electron chi connectivity index (χ0n) is 14.3. The van der Waals surface area contributed by atoms with Gasteiger partial charge in [0.05, 0.1) is 6.04 Å². The number of carbonyl (C=O) groups excluding carboxylic acids is 1. The number of pyridine rings is 1. The molecule has 126 valence electrons. The van der Waals surface area contributed by atoms with Gasteiger partial charge in [-0.15, -0.1) is 0 Å². The van der Waals surface area contributed by atoms with E-state index in [-0.39, 0.29) is 11.9 Å². The van der Waals surface area contributed by atoms with Crippen LogP contribution >= 0.6 is 0 Å². The fraction of sp³-hybridized carbons (Fsp3) is 0.684. The number of likely N-dealkylation sites (tertiary alicyclic amines) is 1. The largest absolute Gasteiger partial charge is 0.354 e. The predicted molar refractivity (Wildman–Crippen MR) is 91.9 cm³/mol. The van der Waals surface area contributed by atoms with Crippen LogP contribution in [0.2, 0.25) is 0 Å². The molecule has 1 atom stereocenters. The molecule has 23 heavy (non-hydrogen) atoms. The molecule has 1 unspecified atom stereocenters. The van der Waals surface area contributed by atoms with E-state index in [4.69, 9.17) is 0 Å². The van der Waals surface area contributed by atoms with Gasteiger partial charge >= 0.3 is 0 Å². The molecule has 1 aliphatic carbocycles. The first-order chi connectivity index (χ1) is 11.2. The second-order valence-corrected chi connectivity index (χ2v) is 7.27. The minimum atomic E-state index is 0.0259. The van der Waals surface area contributed by atoms with Crippen molar-refractivity contribution in [3.63, 3.8) is 0 Å². The molecule has 1 saturated heterocycles. The Morgan fingerprint density at radius 1 is 1.39 bits per heavy atom. The van der Waals surface area contributed by atoms with Gasteiger partial charge in [0.15, 0.2) is 0 Å². The van der Waals surface area contributed by atoms with Crippen LogP contribution in [0.1, 0.15) is 57.4 Å². The molecule has 2 aliphatic rings. The van der Waals surface area contributed by atoms with Gasteiger partial charge in [0.2, 0.25) is 5.91 Å². The number of amides is 1. The van der Waals surface area contributed by atoms with Gasteiger partial charge < -0.3 is 5.32 Å². The summed E-state index contributed by atoms with van der Waals surface area (Å²) in [7, 11) is 0. The summed E-state index contributed by atoms with van der Waals surface area (Å²) in [6.45, 7) is 4.94. The monoisotopic (exact) mass is 315 g/mol. The summed E-state index contributed by atoms with van der Waals surface area (Å²) in [6.07, 6.45) is 12.1. The third-order valence-corrected chi connectivity index (χ3v) is 5.83. The van der Waals surface area contributed by atoms with E-state index in [0.29, 0.717) is 5.41 Å². The van der Waals surface area contributed by atoms with Gasteiger partial charge in [-0.2, -0.15) is 0 Å². The first-order valence-corrected chi connectivity index (χ1v) is 9.13. The lowest BCUT2D eigenvalue weighted by atomic mass is 9.67. The van der Waals surface area contributed by atoms with Crippen molar-refractivity contribution in [3.05, 3.63) is 30.1 Å². The first kappa shape index (κ1) is 16.4. The van der Waals surface area contributed by atoms with E-state index in [0.717, 1.165) is 32.5 Å². The average Bonchev–Trinajstić information content (AvgIpc) is 2.55. The molecule has 1 aliphatic heterocycles. The number of nitrogens with zero attached hydrogens (tertiary/aromatic N) is 2. The van der Waals surface area contributed by atoms with Gasteiger partial charge in [-0.1, -0.05) is 25.8 Å². The molecule has 0 spiro atoms. The van der Waals surface area contributed by atoms with Crippen molar-refractivity contribution in [2.75, 3.05) is 13.1 Å². The van der Waals surface area contributed by atoms with Crippen molar-refractivity contribution in [1.82, 2.24) is 15.2 Å². The third kappa shape index (κ3) is 3.92. The van der Waals surface area contributed by atoms with Gasteiger partial charge in [-0.05, 0) is 55.7 Å². The molecular formula is C19H29N3O. The van der Waals surface area contributed by atoms with E-state index in [1.165, 1.54) is 37.7 Å². The normalized spacial score (nSPS) is 24.0. The van der Waals surface area contributed by atoms with Crippen LogP contribution in [0.4, 0.5) is 0 Å². The molecule has 0 aromatic carbocycles. The van der Waals surface area contributed by atoms with Crippen molar-refractivity contribution in [2.45, 2.75) is 64.5 Å². The van der Waals surface area contributed by atoms with E-state index >= 15 is 0 Å². The molecule has 0 bridgehead atoms. The summed E-state index contributed by atoms with van der Waals surface area (Å²) in [5, 5.41) is 3.27. The van der Waals surface area contributed by atoms with Gasteiger partial charge in [0.25, 0.3) is 0 Å². The number of nitrogens with one attached hydrogen (secondary N) is 1.